The van der Waals surface area contributed by atoms with Gasteiger partial charge in [-0.05, 0) is 48.5 Å². The van der Waals surface area contributed by atoms with Crippen molar-refractivity contribution in [3.63, 3.8) is 0 Å². The molecule has 0 aromatic heterocycles. The van der Waals surface area contributed by atoms with Gasteiger partial charge in [-0.2, -0.15) is 12.8 Å². The monoisotopic (exact) mass is 510 g/mol. The molecule has 0 saturated carbocycles. The number of nitrogens with one attached hydrogen (secondary N) is 1. The summed E-state index contributed by atoms with van der Waals surface area (Å²) in [6, 6.07) is 18.6. The van der Waals surface area contributed by atoms with E-state index in [2.05, 4.69) is 25.6 Å². The third-order valence-corrected chi connectivity index (χ3v) is 6.53. The molecule has 160 valence electrons. The first kappa shape index (κ1) is 21.7. The van der Waals surface area contributed by atoms with Crippen LogP contribution in [-0.4, -0.2) is 31.0 Å². The summed E-state index contributed by atoms with van der Waals surface area (Å²) in [4.78, 5) is 24.3. The molecule has 2 N–H and O–H groups in total. The van der Waals surface area contributed by atoms with Gasteiger partial charge in [0.05, 0.1) is 21.9 Å². The average molecular weight is 511 g/mol. The van der Waals surface area contributed by atoms with Crippen LogP contribution in [-0.2, 0) is 10.0 Å². The summed E-state index contributed by atoms with van der Waals surface area (Å²) >= 11 is 3.27. The molecular weight excluding hydrogens is 496 g/mol. The van der Waals surface area contributed by atoms with Crippen LogP contribution in [0.25, 0.3) is 0 Å². The predicted molar refractivity (Wildman–Crippen MR) is 124 cm³/mol. The van der Waals surface area contributed by atoms with E-state index in [1.807, 2.05) is 0 Å². The minimum atomic E-state index is -4.05. The molecule has 3 aromatic carbocycles. The van der Waals surface area contributed by atoms with Crippen molar-refractivity contribution in [2.75, 3.05) is 5.32 Å². The van der Waals surface area contributed by atoms with Gasteiger partial charge in [-0.25, -0.2) is 4.79 Å². The van der Waals surface area contributed by atoms with E-state index in [0.29, 0.717) is 11.3 Å². The Bertz CT molecular complexity index is 1410. The molecule has 0 spiro atoms. The van der Waals surface area contributed by atoms with Gasteiger partial charge in [-0.1, -0.05) is 46.3 Å². The van der Waals surface area contributed by atoms with Crippen molar-refractivity contribution in [2.24, 2.45) is 4.40 Å². The molecule has 3 aromatic rings. The molecule has 0 unspecified atom stereocenters. The number of anilines is 1. The van der Waals surface area contributed by atoms with E-state index in [1.54, 1.807) is 48.5 Å². The molecule has 0 fully saturated rings. The third kappa shape index (κ3) is 4.39. The number of hydrogen-bond donors (Lipinski definition) is 2. The van der Waals surface area contributed by atoms with E-state index in [1.165, 1.54) is 30.3 Å². The lowest BCUT2D eigenvalue weighted by Crippen LogP contribution is -2.22. The van der Waals surface area contributed by atoms with E-state index >= 15 is 0 Å². The SMILES string of the molecule is O=C(O)c1cccc(NC2=C/C(=N\S(=O)(=O)c3ccc(Br)cc3)c3ccccc3C2=O)c1. The maximum atomic E-state index is 13.0. The van der Waals surface area contributed by atoms with E-state index in [9.17, 15) is 23.1 Å². The number of hydrogen-bond acceptors (Lipinski definition) is 5. The number of carboxylic acids is 1. The summed E-state index contributed by atoms with van der Waals surface area (Å²) in [6.07, 6.45) is 1.36. The number of carboxylic acid groups (broad SMARTS) is 1. The van der Waals surface area contributed by atoms with Crippen LogP contribution in [0.2, 0.25) is 0 Å². The van der Waals surface area contributed by atoms with Crippen LogP contribution in [0.1, 0.15) is 26.3 Å². The summed E-state index contributed by atoms with van der Waals surface area (Å²) in [6.45, 7) is 0. The lowest BCUT2D eigenvalue weighted by molar-refractivity contribution is 0.0696. The number of halogens is 1. The normalized spacial score (nSPS) is 14.6. The summed E-state index contributed by atoms with van der Waals surface area (Å²) < 4.78 is 30.5. The predicted octanol–water partition coefficient (Wildman–Crippen LogP) is 4.52. The zero-order valence-electron chi connectivity index (χ0n) is 16.3. The Hall–Kier alpha value is -3.56. The fourth-order valence-electron chi connectivity index (χ4n) is 3.17. The molecule has 9 heteroatoms. The van der Waals surface area contributed by atoms with Crippen LogP contribution in [0.15, 0.2) is 98.3 Å². The number of allylic oxidation sites excluding steroid dienone is 2. The van der Waals surface area contributed by atoms with Gasteiger partial charge in [-0.15, -0.1) is 0 Å². The minimum absolute atomic E-state index is 0.0136. The number of sulfonamides is 1. The molecule has 7 nitrogen and oxygen atoms in total. The quantitative estimate of drug-likeness (QED) is 0.521. The number of carbonyl (C=O) groups excluding carboxylic acids is 1. The smallest absolute Gasteiger partial charge is 0.335 e. The number of aromatic carboxylic acids is 1. The van der Waals surface area contributed by atoms with Gasteiger partial charge in [0.2, 0.25) is 5.78 Å². The summed E-state index contributed by atoms with van der Waals surface area (Å²) in [5.74, 6) is -1.47. The lowest BCUT2D eigenvalue weighted by Gasteiger charge is -2.19. The molecule has 1 aliphatic carbocycles. The van der Waals surface area contributed by atoms with Crippen LogP contribution in [0.4, 0.5) is 5.69 Å². The molecule has 1 aliphatic rings. The van der Waals surface area contributed by atoms with Crippen molar-refractivity contribution in [3.8, 4) is 0 Å². The van der Waals surface area contributed by atoms with Crippen molar-refractivity contribution in [3.05, 3.63) is 106 Å². The number of fused-ring (bicyclic) bond motifs is 1. The second kappa shape index (κ2) is 8.52. The largest absolute Gasteiger partial charge is 0.478 e. The fraction of sp³-hybridized carbons (Fsp3) is 0. The van der Waals surface area contributed by atoms with Crippen LogP contribution in [0.5, 0.6) is 0 Å². The second-order valence-electron chi connectivity index (χ2n) is 6.85. The zero-order chi connectivity index (χ0) is 22.9. The second-order valence-corrected chi connectivity index (χ2v) is 9.37. The van der Waals surface area contributed by atoms with Crippen molar-refractivity contribution in [1.29, 1.82) is 0 Å². The van der Waals surface area contributed by atoms with E-state index in [-0.39, 0.29) is 33.2 Å². The standard InChI is InChI=1S/C23H15BrN2O5S/c24-15-8-10-17(11-9-15)32(30,31)26-20-13-21(22(27)19-7-2-1-6-18(19)20)25-16-5-3-4-14(12-16)23(28)29/h1-13,25H,(H,28,29)/b26-20+. The molecule has 4 rings (SSSR count). The molecule has 0 aliphatic heterocycles. The highest BCUT2D eigenvalue weighted by Gasteiger charge is 2.26. The van der Waals surface area contributed by atoms with Crippen molar-refractivity contribution in [2.45, 2.75) is 4.90 Å². The third-order valence-electron chi connectivity index (χ3n) is 4.69. The number of carbonyl (C=O) groups is 2. The molecule has 0 heterocycles. The molecular formula is C23H15BrN2O5S. The Balaban J connectivity index is 1.80. The molecule has 0 bridgehead atoms. The molecule has 0 atom stereocenters. The van der Waals surface area contributed by atoms with E-state index in [0.717, 1.165) is 4.47 Å². The van der Waals surface area contributed by atoms with Crippen molar-refractivity contribution < 1.29 is 23.1 Å². The maximum Gasteiger partial charge on any atom is 0.335 e. The highest BCUT2D eigenvalue weighted by molar-refractivity contribution is 9.10. The Morgan fingerprint density at radius 1 is 0.938 bits per heavy atom. The van der Waals surface area contributed by atoms with Crippen LogP contribution >= 0.6 is 15.9 Å². The first-order chi connectivity index (χ1) is 15.2. The summed E-state index contributed by atoms with van der Waals surface area (Å²) in [5, 5.41) is 12.1. The van der Waals surface area contributed by atoms with E-state index < -0.39 is 16.0 Å². The van der Waals surface area contributed by atoms with Gasteiger partial charge in [0.15, 0.2) is 0 Å². The number of Topliss-reactive ketones (excluding diaryl/α,β-unsaturated/α-hetero) is 1. The Kier molecular flexibility index (Phi) is 5.77. The van der Waals surface area contributed by atoms with Crippen molar-refractivity contribution in [1.82, 2.24) is 0 Å². The lowest BCUT2D eigenvalue weighted by atomic mass is 9.92. The van der Waals surface area contributed by atoms with Gasteiger partial charge < -0.3 is 10.4 Å². The number of ketones is 1. The van der Waals surface area contributed by atoms with Gasteiger partial charge in [0, 0.05) is 21.3 Å². The van der Waals surface area contributed by atoms with Gasteiger partial charge in [-0.3, -0.25) is 4.79 Å². The van der Waals surface area contributed by atoms with Crippen LogP contribution in [0.3, 0.4) is 0 Å². The Morgan fingerprint density at radius 3 is 2.31 bits per heavy atom. The summed E-state index contributed by atoms with van der Waals surface area (Å²) in [5.41, 5.74) is 1.28. The van der Waals surface area contributed by atoms with Crippen molar-refractivity contribution >= 4 is 49.1 Å². The zero-order valence-corrected chi connectivity index (χ0v) is 18.7. The fourth-order valence-corrected chi connectivity index (χ4v) is 4.43. The first-order valence-corrected chi connectivity index (χ1v) is 11.5. The highest BCUT2D eigenvalue weighted by atomic mass is 79.9. The molecule has 0 radical (unpaired) electrons. The maximum absolute atomic E-state index is 13.0. The van der Waals surface area contributed by atoms with E-state index in [4.69, 9.17) is 0 Å². The topological polar surface area (TPSA) is 113 Å². The Morgan fingerprint density at radius 2 is 1.62 bits per heavy atom. The molecule has 0 saturated heterocycles. The first-order valence-electron chi connectivity index (χ1n) is 9.31. The van der Waals surface area contributed by atoms with Gasteiger partial charge >= 0.3 is 5.97 Å². The van der Waals surface area contributed by atoms with Gasteiger partial charge in [0.1, 0.15) is 0 Å². The van der Waals surface area contributed by atoms with Crippen LogP contribution in [0, 0.1) is 0 Å². The average Bonchev–Trinajstić information content (AvgIpc) is 2.77. The summed E-state index contributed by atoms with van der Waals surface area (Å²) in [7, 11) is -4.05. The number of benzene rings is 3. The van der Waals surface area contributed by atoms with Crippen LogP contribution < -0.4 is 5.32 Å². The minimum Gasteiger partial charge on any atom is -0.478 e. The molecule has 32 heavy (non-hydrogen) atoms. The molecule has 0 amide bonds. The number of rotatable bonds is 5. The number of nitrogens with zero attached hydrogens (tertiary/aromatic N) is 1. The van der Waals surface area contributed by atoms with Gasteiger partial charge in [0.25, 0.3) is 10.0 Å². The highest BCUT2D eigenvalue weighted by Crippen LogP contribution is 2.26. The Labute approximate surface area is 192 Å².